The lowest BCUT2D eigenvalue weighted by Crippen LogP contribution is -2.53. The molecule has 2 rings (SSSR count). The number of carbonyl (C=O) groups is 2. The lowest BCUT2D eigenvalue weighted by atomic mass is 9.61. The van der Waals surface area contributed by atoms with Gasteiger partial charge in [0.05, 0.1) is 0 Å². The molecule has 2 fully saturated rings. The summed E-state index contributed by atoms with van der Waals surface area (Å²) in [6, 6.07) is 0. The van der Waals surface area contributed by atoms with Crippen molar-refractivity contribution in [2.75, 3.05) is 7.11 Å². The summed E-state index contributed by atoms with van der Waals surface area (Å²) < 4.78 is 31.1. The maximum atomic E-state index is 13.0. The van der Waals surface area contributed by atoms with E-state index in [1.54, 1.807) is 0 Å². The van der Waals surface area contributed by atoms with Gasteiger partial charge in [-0.05, 0) is 38.0 Å². The second-order valence-corrected chi connectivity index (χ2v) is 6.83. The first-order chi connectivity index (χ1) is 10.2. The number of fused-ring (bicyclic) bond motifs is 2. The molecule has 2 bridgehead atoms. The molecule has 4 atom stereocenters. The Labute approximate surface area is 135 Å². The van der Waals surface area contributed by atoms with Crippen molar-refractivity contribution in [3.63, 3.8) is 0 Å². The van der Waals surface area contributed by atoms with Crippen molar-refractivity contribution in [1.82, 2.24) is 0 Å². The van der Waals surface area contributed by atoms with Crippen LogP contribution in [0.1, 0.15) is 46.0 Å². The molecule has 128 valence electrons. The Morgan fingerprint density at radius 2 is 2.00 bits per heavy atom. The van der Waals surface area contributed by atoms with Gasteiger partial charge in [-0.25, -0.2) is 4.79 Å². The molecule has 2 saturated carbocycles. The minimum absolute atomic E-state index is 0.168. The van der Waals surface area contributed by atoms with Crippen LogP contribution in [0.15, 0.2) is 0 Å². The number of esters is 1. The number of ketones is 1. The molecule has 0 heterocycles. The standard InChI is InChI=1S/C14H20F2O3S.CH4O/c1-3-9-6-13(19-12(18)14(15,16)20)5-8(2)4-10(7-13)11(9)17;1-2/h8-10,20H,3-7H2,1-2H3;2H,1H3. The van der Waals surface area contributed by atoms with Crippen LogP contribution in [-0.4, -0.2) is 34.8 Å². The average Bonchev–Trinajstić information content (AvgIpc) is 2.43. The molecule has 0 aromatic heterocycles. The molecule has 0 aromatic rings. The minimum atomic E-state index is -3.78. The van der Waals surface area contributed by atoms with Crippen molar-refractivity contribution in [3.8, 4) is 0 Å². The molecule has 2 aliphatic rings. The van der Waals surface area contributed by atoms with E-state index >= 15 is 0 Å². The highest BCUT2D eigenvalue weighted by molar-refractivity contribution is 7.82. The van der Waals surface area contributed by atoms with Crippen LogP contribution in [-0.2, 0) is 14.3 Å². The van der Waals surface area contributed by atoms with E-state index in [9.17, 15) is 18.4 Å². The number of aliphatic hydroxyl groups is 1. The first-order valence-electron chi connectivity index (χ1n) is 7.49. The molecule has 0 spiro atoms. The van der Waals surface area contributed by atoms with Gasteiger partial charge in [-0.3, -0.25) is 4.79 Å². The van der Waals surface area contributed by atoms with E-state index < -0.39 is 16.8 Å². The van der Waals surface area contributed by atoms with Crippen molar-refractivity contribution in [2.24, 2.45) is 17.8 Å². The van der Waals surface area contributed by atoms with Crippen LogP contribution in [0.2, 0.25) is 0 Å². The molecular weight excluding hydrogens is 314 g/mol. The quantitative estimate of drug-likeness (QED) is 0.613. The lowest BCUT2D eigenvalue weighted by Gasteiger charge is -2.48. The Balaban J connectivity index is 0.00000116. The number of rotatable bonds is 3. The number of aliphatic hydroxyl groups excluding tert-OH is 1. The molecule has 4 unspecified atom stereocenters. The van der Waals surface area contributed by atoms with E-state index in [-0.39, 0.29) is 23.5 Å². The van der Waals surface area contributed by atoms with Gasteiger partial charge in [-0.1, -0.05) is 26.5 Å². The monoisotopic (exact) mass is 338 g/mol. The fraction of sp³-hybridized carbons (Fsp3) is 0.867. The lowest BCUT2D eigenvalue weighted by molar-refractivity contribution is -0.192. The fourth-order valence-electron chi connectivity index (χ4n) is 3.81. The molecule has 1 N–H and O–H groups in total. The summed E-state index contributed by atoms with van der Waals surface area (Å²) in [6.07, 6.45) is 2.69. The fourth-order valence-corrected chi connectivity index (χ4v) is 3.86. The normalized spacial score (nSPS) is 34.5. The van der Waals surface area contributed by atoms with Gasteiger partial charge in [0.15, 0.2) is 0 Å². The third kappa shape index (κ3) is 4.19. The molecule has 0 aliphatic heterocycles. The summed E-state index contributed by atoms with van der Waals surface area (Å²) in [7, 11) is 1.00. The van der Waals surface area contributed by atoms with E-state index in [2.05, 4.69) is 12.6 Å². The van der Waals surface area contributed by atoms with Crippen LogP contribution in [0.5, 0.6) is 0 Å². The molecule has 0 radical (unpaired) electrons. The predicted molar refractivity (Wildman–Crippen MR) is 80.8 cm³/mol. The minimum Gasteiger partial charge on any atom is -0.454 e. The van der Waals surface area contributed by atoms with Crippen molar-refractivity contribution in [1.29, 1.82) is 0 Å². The van der Waals surface area contributed by atoms with Crippen molar-refractivity contribution in [2.45, 2.75) is 56.8 Å². The van der Waals surface area contributed by atoms with Crippen LogP contribution in [0, 0.1) is 17.8 Å². The van der Waals surface area contributed by atoms with Crippen molar-refractivity contribution < 1.29 is 28.2 Å². The van der Waals surface area contributed by atoms with Crippen molar-refractivity contribution >= 4 is 24.4 Å². The summed E-state index contributed by atoms with van der Waals surface area (Å²) in [5, 5.41) is 3.22. The predicted octanol–water partition coefficient (Wildman–Crippen LogP) is 2.83. The molecule has 0 saturated heterocycles. The van der Waals surface area contributed by atoms with Crippen LogP contribution in [0.3, 0.4) is 0 Å². The van der Waals surface area contributed by atoms with Gasteiger partial charge in [0.2, 0.25) is 0 Å². The average molecular weight is 338 g/mol. The second kappa shape index (κ2) is 7.25. The Hall–Kier alpha value is -0.690. The highest BCUT2D eigenvalue weighted by Gasteiger charge is 2.53. The smallest absolute Gasteiger partial charge is 0.388 e. The molecule has 2 aliphatic carbocycles. The highest BCUT2D eigenvalue weighted by atomic mass is 32.1. The molecule has 4 nitrogen and oxygen atoms in total. The van der Waals surface area contributed by atoms with Gasteiger partial charge in [0.25, 0.3) is 0 Å². The summed E-state index contributed by atoms with van der Waals surface area (Å²) in [6.45, 7) is 3.86. The number of hydrogen-bond donors (Lipinski definition) is 2. The first kappa shape index (κ1) is 19.4. The third-order valence-corrected chi connectivity index (χ3v) is 4.68. The summed E-state index contributed by atoms with van der Waals surface area (Å²) >= 11 is 2.98. The molecule has 22 heavy (non-hydrogen) atoms. The largest absolute Gasteiger partial charge is 0.454 e. The Morgan fingerprint density at radius 1 is 1.41 bits per heavy atom. The van der Waals surface area contributed by atoms with Crippen LogP contribution in [0.4, 0.5) is 8.78 Å². The van der Waals surface area contributed by atoms with Crippen LogP contribution >= 0.6 is 12.6 Å². The van der Waals surface area contributed by atoms with E-state index in [0.717, 1.165) is 13.5 Å². The number of halogens is 2. The third-order valence-electron chi connectivity index (χ3n) is 4.50. The first-order valence-corrected chi connectivity index (χ1v) is 7.93. The van der Waals surface area contributed by atoms with Crippen LogP contribution < -0.4 is 0 Å². The van der Waals surface area contributed by atoms with E-state index in [4.69, 9.17) is 9.84 Å². The van der Waals surface area contributed by atoms with Gasteiger partial charge in [0.1, 0.15) is 11.4 Å². The number of ether oxygens (including phenoxy) is 1. The van der Waals surface area contributed by atoms with E-state index in [0.29, 0.717) is 25.7 Å². The topological polar surface area (TPSA) is 63.6 Å². The van der Waals surface area contributed by atoms with Gasteiger partial charge in [0, 0.05) is 18.9 Å². The summed E-state index contributed by atoms with van der Waals surface area (Å²) in [4.78, 5) is 23.7. The summed E-state index contributed by atoms with van der Waals surface area (Å²) in [5.74, 6) is -1.57. The van der Waals surface area contributed by atoms with E-state index in [1.165, 1.54) is 0 Å². The molecular formula is C15H24F2O4S. The number of Topliss-reactive ketones (excluding diaryl/α,β-unsaturated/α-hetero) is 1. The Bertz CT molecular complexity index is 424. The number of alkyl halides is 2. The van der Waals surface area contributed by atoms with E-state index in [1.807, 2.05) is 13.8 Å². The molecule has 7 heteroatoms. The Morgan fingerprint density at radius 3 is 2.50 bits per heavy atom. The summed E-state index contributed by atoms with van der Waals surface area (Å²) in [5.41, 5.74) is -0.917. The van der Waals surface area contributed by atoms with Crippen molar-refractivity contribution in [3.05, 3.63) is 0 Å². The molecule has 0 aromatic carbocycles. The van der Waals surface area contributed by atoms with Gasteiger partial charge in [-0.15, -0.1) is 0 Å². The maximum absolute atomic E-state index is 13.0. The van der Waals surface area contributed by atoms with Gasteiger partial charge >= 0.3 is 11.2 Å². The Kier molecular flexibility index (Phi) is 6.38. The SMILES string of the molecule is CCC1CC2(OC(=O)C(F)(F)S)CC(C)CC(C2)C1=O.CO. The second-order valence-electron chi connectivity index (χ2n) is 6.27. The highest BCUT2D eigenvalue weighted by Crippen LogP contribution is 2.49. The zero-order valence-electron chi connectivity index (χ0n) is 13.1. The maximum Gasteiger partial charge on any atom is 0.388 e. The number of hydrogen-bond acceptors (Lipinski definition) is 5. The van der Waals surface area contributed by atoms with Gasteiger partial charge in [-0.2, -0.15) is 8.78 Å². The zero-order chi connectivity index (χ0) is 17.1. The van der Waals surface area contributed by atoms with Gasteiger partial charge < -0.3 is 9.84 Å². The van der Waals surface area contributed by atoms with Crippen LogP contribution in [0.25, 0.3) is 0 Å². The number of thiol groups is 1. The zero-order valence-corrected chi connectivity index (χ0v) is 14.0. The molecule has 0 amide bonds. The number of carbonyl (C=O) groups excluding carboxylic acids is 2.